The van der Waals surface area contributed by atoms with Crippen molar-refractivity contribution in [2.24, 2.45) is 0 Å². The van der Waals surface area contributed by atoms with E-state index in [4.69, 9.17) is 14.2 Å². The summed E-state index contributed by atoms with van der Waals surface area (Å²) < 4.78 is 22.3. The molecule has 0 atom stereocenters. The quantitative estimate of drug-likeness (QED) is 0.723. The number of hydrogen-bond acceptors (Lipinski definition) is 7. The summed E-state index contributed by atoms with van der Waals surface area (Å²) in [5.74, 6) is 2.13. The van der Waals surface area contributed by atoms with Crippen molar-refractivity contribution in [3.8, 4) is 17.4 Å². The van der Waals surface area contributed by atoms with Gasteiger partial charge in [-0.15, -0.1) is 5.10 Å². The zero-order chi connectivity index (χ0) is 18.5. The lowest BCUT2D eigenvalue weighted by Crippen LogP contribution is -2.10. The lowest BCUT2D eigenvalue weighted by molar-refractivity contribution is 0.187. The Balaban J connectivity index is 1.76. The van der Waals surface area contributed by atoms with E-state index < -0.39 is 6.09 Å². The van der Waals surface area contributed by atoms with Crippen molar-refractivity contribution in [2.45, 2.75) is 6.61 Å². The topological polar surface area (TPSA) is 96.2 Å². The van der Waals surface area contributed by atoms with E-state index >= 15 is 0 Å². The Hall–Kier alpha value is -3.49. The molecule has 9 nitrogen and oxygen atoms in total. The average molecular weight is 358 g/mol. The zero-order valence-corrected chi connectivity index (χ0v) is 14.6. The molecule has 1 amide bonds. The van der Waals surface area contributed by atoms with Gasteiger partial charge >= 0.3 is 6.09 Å². The van der Waals surface area contributed by atoms with Gasteiger partial charge in [-0.1, -0.05) is 0 Å². The molecule has 0 aliphatic rings. The number of rotatable bonds is 6. The number of carbonyl (C=O) groups excluding carboxylic acids is 1. The number of hydrogen-bond donors (Lipinski definition) is 1. The number of fused-ring (bicyclic) bond motifs is 1. The van der Waals surface area contributed by atoms with Crippen LogP contribution in [0.15, 0.2) is 36.5 Å². The Morgan fingerprint density at radius 2 is 2.00 bits per heavy atom. The minimum absolute atomic E-state index is 0.251. The van der Waals surface area contributed by atoms with Crippen LogP contribution in [-0.4, -0.2) is 42.0 Å². The molecule has 0 spiro atoms. The molecular weight excluding hydrogens is 340 g/mol. The molecule has 1 aromatic carbocycles. The average Bonchev–Trinajstić information content (AvgIpc) is 3.07. The number of ether oxygens (including phenoxy) is 4. The van der Waals surface area contributed by atoms with E-state index in [0.717, 1.165) is 5.56 Å². The smallest absolute Gasteiger partial charge is 0.412 e. The Kier molecular flexibility index (Phi) is 5.07. The van der Waals surface area contributed by atoms with Crippen LogP contribution in [-0.2, 0) is 11.3 Å². The summed E-state index contributed by atoms with van der Waals surface area (Å²) in [5, 5.41) is 6.79. The minimum Gasteiger partial charge on any atom is -0.497 e. The number of nitrogens with one attached hydrogen (secondary N) is 1. The highest BCUT2D eigenvalue weighted by atomic mass is 16.5. The first-order valence-electron chi connectivity index (χ1n) is 7.68. The van der Waals surface area contributed by atoms with Crippen molar-refractivity contribution in [3.63, 3.8) is 0 Å². The third kappa shape index (κ3) is 3.77. The Morgan fingerprint density at radius 1 is 1.15 bits per heavy atom. The summed E-state index contributed by atoms with van der Waals surface area (Å²) in [6.45, 7) is 0.251. The SMILES string of the molecule is COC(=O)Nc1cn2nc(OCc3cc(OC)ccc3OC)ccc2n1. The van der Waals surface area contributed by atoms with E-state index in [9.17, 15) is 4.79 Å². The number of imidazole rings is 1. The lowest BCUT2D eigenvalue weighted by atomic mass is 10.2. The number of amides is 1. The number of anilines is 1. The van der Waals surface area contributed by atoms with Crippen LogP contribution in [0.1, 0.15) is 5.56 Å². The van der Waals surface area contributed by atoms with Crippen molar-refractivity contribution in [1.29, 1.82) is 0 Å². The maximum atomic E-state index is 11.2. The van der Waals surface area contributed by atoms with Crippen LogP contribution >= 0.6 is 0 Å². The molecule has 0 unspecified atom stereocenters. The third-order valence-corrected chi connectivity index (χ3v) is 3.57. The van der Waals surface area contributed by atoms with E-state index in [1.54, 1.807) is 32.5 Å². The van der Waals surface area contributed by atoms with Crippen molar-refractivity contribution in [3.05, 3.63) is 42.1 Å². The Morgan fingerprint density at radius 3 is 2.73 bits per heavy atom. The molecule has 0 radical (unpaired) electrons. The van der Waals surface area contributed by atoms with Crippen molar-refractivity contribution >= 4 is 17.6 Å². The number of carbonyl (C=O) groups is 1. The standard InChI is InChI=1S/C17H18N4O5/c1-23-12-4-5-13(24-2)11(8-12)10-26-16-7-6-15-18-14(9-21(15)20-16)19-17(22)25-3/h4-9H,10H2,1-3H3,(H,19,22). The molecule has 0 saturated carbocycles. The number of nitrogens with zero attached hydrogens (tertiary/aromatic N) is 3. The van der Waals surface area contributed by atoms with Crippen LogP contribution in [0.2, 0.25) is 0 Å². The van der Waals surface area contributed by atoms with Gasteiger partial charge in [0, 0.05) is 11.6 Å². The van der Waals surface area contributed by atoms with Gasteiger partial charge in [-0.3, -0.25) is 5.32 Å². The van der Waals surface area contributed by atoms with Gasteiger partial charge in [-0.25, -0.2) is 14.3 Å². The van der Waals surface area contributed by atoms with E-state index in [2.05, 4.69) is 20.1 Å². The molecule has 3 aromatic rings. The molecule has 26 heavy (non-hydrogen) atoms. The molecule has 2 aromatic heterocycles. The molecule has 3 rings (SSSR count). The second-order valence-corrected chi connectivity index (χ2v) is 5.18. The second-order valence-electron chi connectivity index (χ2n) is 5.18. The molecule has 0 saturated heterocycles. The van der Waals surface area contributed by atoms with Gasteiger partial charge in [0.25, 0.3) is 0 Å². The minimum atomic E-state index is -0.602. The highest BCUT2D eigenvalue weighted by molar-refractivity contribution is 5.83. The summed E-state index contributed by atoms with van der Waals surface area (Å²) >= 11 is 0. The zero-order valence-electron chi connectivity index (χ0n) is 14.6. The van der Waals surface area contributed by atoms with Gasteiger partial charge < -0.3 is 18.9 Å². The molecular formula is C17H18N4O5. The molecule has 1 N–H and O–H groups in total. The van der Waals surface area contributed by atoms with E-state index in [-0.39, 0.29) is 6.61 Å². The van der Waals surface area contributed by atoms with E-state index in [1.165, 1.54) is 11.6 Å². The number of methoxy groups -OCH3 is 3. The van der Waals surface area contributed by atoms with Crippen LogP contribution in [0.3, 0.4) is 0 Å². The van der Waals surface area contributed by atoms with Gasteiger partial charge in [0.15, 0.2) is 11.5 Å². The third-order valence-electron chi connectivity index (χ3n) is 3.57. The largest absolute Gasteiger partial charge is 0.497 e. The predicted molar refractivity (Wildman–Crippen MR) is 92.9 cm³/mol. The fourth-order valence-electron chi connectivity index (χ4n) is 2.30. The summed E-state index contributed by atoms with van der Waals surface area (Å²) in [5.41, 5.74) is 1.38. The molecule has 0 aliphatic heterocycles. The molecule has 136 valence electrons. The molecule has 0 fully saturated rings. The fourth-order valence-corrected chi connectivity index (χ4v) is 2.30. The Bertz CT molecular complexity index is 925. The predicted octanol–water partition coefficient (Wildman–Crippen LogP) is 2.50. The highest BCUT2D eigenvalue weighted by Gasteiger charge is 2.09. The first kappa shape index (κ1) is 17.3. The molecule has 2 heterocycles. The van der Waals surface area contributed by atoms with Gasteiger partial charge in [0.05, 0.1) is 27.5 Å². The first-order chi connectivity index (χ1) is 12.6. The molecule has 9 heteroatoms. The maximum absolute atomic E-state index is 11.2. The monoisotopic (exact) mass is 358 g/mol. The maximum Gasteiger partial charge on any atom is 0.412 e. The van der Waals surface area contributed by atoms with Crippen LogP contribution < -0.4 is 19.5 Å². The highest BCUT2D eigenvalue weighted by Crippen LogP contribution is 2.25. The van der Waals surface area contributed by atoms with Gasteiger partial charge in [0.2, 0.25) is 5.88 Å². The van der Waals surface area contributed by atoms with Crippen LogP contribution in [0.5, 0.6) is 17.4 Å². The fraction of sp³-hybridized carbons (Fsp3) is 0.235. The van der Waals surface area contributed by atoms with Crippen LogP contribution in [0, 0.1) is 0 Å². The summed E-state index contributed by atoms with van der Waals surface area (Å²) in [6.07, 6.45) is 0.959. The summed E-state index contributed by atoms with van der Waals surface area (Å²) in [4.78, 5) is 15.5. The van der Waals surface area contributed by atoms with Gasteiger partial charge in [-0.2, -0.15) is 0 Å². The Labute approximate surface area is 149 Å². The number of benzene rings is 1. The lowest BCUT2D eigenvalue weighted by Gasteiger charge is -2.11. The first-order valence-corrected chi connectivity index (χ1v) is 7.68. The van der Waals surface area contributed by atoms with E-state index in [0.29, 0.717) is 28.8 Å². The van der Waals surface area contributed by atoms with E-state index in [1.807, 2.05) is 18.2 Å². The van der Waals surface area contributed by atoms with Crippen LogP contribution in [0.25, 0.3) is 5.65 Å². The summed E-state index contributed by atoms with van der Waals surface area (Å²) in [7, 11) is 4.47. The molecule has 0 bridgehead atoms. The molecule has 0 aliphatic carbocycles. The van der Waals surface area contributed by atoms with Gasteiger partial charge in [0.1, 0.15) is 18.1 Å². The van der Waals surface area contributed by atoms with Crippen LogP contribution in [0.4, 0.5) is 10.6 Å². The van der Waals surface area contributed by atoms with Crippen molar-refractivity contribution in [1.82, 2.24) is 14.6 Å². The number of aromatic nitrogens is 3. The normalized spacial score (nSPS) is 10.4. The van der Waals surface area contributed by atoms with Crippen molar-refractivity contribution in [2.75, 3.05) is 26.6 Å². The second kappa shape index (κ2) is 7.60. The van der Waals surface area contributed by atoms with Gasteiger partial charge in [-0.05, 0) is 24.3 Å². The summed E-state index contributed by atoms with van der Waals surface area (Å²) in [6, 6.07) is 8.89. The van der Waals surface area contributed by atoms with Crippen molar-refractivity contribution < 1.29 is 23.7 Å².